The van der Waals surface area contributed by atoms with E-state index in [-0.39, 0.29) is 16.8 Å². The van der Waals surface area contributed by atoms with Gasteiger partial charge in [-0.1, -0.05) is 12.1 Å². The van der Waals surface area contributed by atoms with Crippen molar-refractivity contribution in [1.29, 1.82) is 0 Å². The minimum atomic E-state index is -0.396. The van der Waals surface area contributed by atoms with Crippen molar-refractivity contribution in [2.24, 2.45) is 5.92 Å². The Bertz CT molecular complexity index is 450. The van der Waals surface area contributed by atoms with Gasteiger partial charge in [0.15, 0.2) is 0 Å². The lowest BCUT2D eigenvalue weighted by molar-refractivity contribution is -0.384. The highest BCUT2D eigenvalue weighted by atomic mass is 35.5. The van der Waals surface area contributed by atoms with Gasteiger partial charge in [-0.05, 0) is 48.8 Å². The van der Waals surface area contributed by atoms with Gasteiger partial charge in [-0.3, -0.25) is 14.9 Å². The second-order valence-electron chi connectivity index (χ2n) is 4.70. The summed E-state index contributed by atoms with van der Waals surface area (Å²) >= 11 is 5.49. The maximum Gasteiger partial charge on any atom is 0.269 e. The van der Waals surface area contributed by atoms with E-state index < -0.39 is 4.92 Å². The van der Waals surface area contributed by atoms with Gasteiger partial charge in [-0.2, -0.15) is 0 Å². The molecule has 0 spiro atoms. The molecule has 1 aliphatic carbocycles. The summed E-state index contributed by atoms with van der Waals surface area (Å²) in [5.41, 5.74) is 1.23. The zero-order valence-electron chi connectivity index (χ0n) is 9.84. The van der Waals surface area contributed by atoms with Gasteiger partial charge in [0.1, 0.15) is 0 Å². The molecule has 0 unspecified atom stereocenters. The number of carbonyl (C=O) groups excluding carboxylic acids is 1. The average Bonchev–Trinajstić information content (AvgIpc) is 2.39. The molecule has 0 atom stereocenters. The number of hydrogen-bond donors (Lipinski definition) is 0. The van der Waals surface area contributed by atoms with E-state index in [4.69, 9.17) is 11.6 Å². The molecule has 0 amide bonds. The Morgan fingerprint density at radius 3 is 2.17 bits per heavy atom. The molecule has 1 aliphatic rings. The standard InChI is InChI=1S/C13H14ClNO3/c14-13(16)11-3-1-9(2-4-11)10-5-7-12(8-6-10)15(17)18/h5-9,11H,1-4H2/t9-,11-. The monoisotopic (exact) mass is 267 g/mol. The fraction of sp³-hybridized carbons (Fsp3) is 0.462. The number of nitro groups is 1. The summed E-state index contributed by atoms with van der Waals surface area (Å²) in [6.45, 7) is 0. The SMILES string of the molecule is O=C(Cl)[C@H]1CC[C@H](c2ccc([N+](=O)[O-])cc2)CC1. The predicted molar refractivity (Wildman–Crippen MR) is 68.7 cm³/mol. The molecular formula is C13H14ClNO3. The topological polar surface area (TPSA) is 60.2 Å². The summed E-state index contributed by atoms with van der Waals surface area (Å²) in [5.74, 6) is 0.374. The molecule has 0 heterocycles. The van der Waals surface area contributed by atoms with Crippen LogP contribution in [0, 0.1) is 16.0 Å². The Morgan fingerprint density at radius 2 is 1.72 bits per heavy atom. The first-order valence-corrected chi connectivity index (χ1v) is 6.39. The van der Waals surface area contributed by atoms with Crippen molar-refractivity contribution in [2.45, 2.75) is 31.6 Å². The van der Waals surface area contributed by atoms with Crippen LogP contribution >= 0.6 is 11.6 Å². The van der Waals surface area contributed by atoms with Gasteiger partial charge < -0.3 is 0 Å². The number of hydrogen-bond acceptors (Lipinski definition) is 3. The highest BCUT2D eigenvalue weighted by Crippen LogP contribution is 2.36. The summed E-state index contributed by atoms with van der Waals surface area (Å²) in [6.07, 6.45) is 3.45. The fourth-order valence-corrected chi connectivity index (χ4v) is 2.74. The largest absolute Gasteiger partial charge is 0.281 e. The lowest BCUT2D eigenvalue weighted by atomic mass is 9.79. The van der Waals surface area contributed by atoms with E-state index in [1.807, 2.05) is 12.1 Å². The third-order valence-electron chi connectivity index (χ3n) is 3.62. The third kappa shape index (κ3) is 2.88. The Labute approximate surface area is 110 Å². The van der Waals surface area contributed by atoms with Gasteiger partial charge in [-0.25, -0.2) is 0 Å². The van der Waals surface area contributed by atoms with Crippen molar-refractivity contribution >= 4 is 22.5 Å². The van der Waals surface area contributed by atoms with E-state index in [0.29, 0.717) is 5.92 Å². The first-order chi connectivity index (χ1) is 8.58. The zero-order valence-corrected chi connectivity index (χ0v) is 10.6. The Hall–Kier alpha value is -1.42. The lowest BCUT2D eigenvalue weighted by Crippen LogP contribution is -2.17. The molecule has 1 aromatic carbocycles. The maximum absolute atomic E-state index is 11.1. The smallest absolute Gasteiger partial charge is 0.269 e. The van der Waals surface area contributed by atoms with Crippen LogP contribution in [0.4, 0.5) is 5.69 Å². The van der Waals surface area contributed by atoms with E-state index in [1.165, 1.54) is 12.1 Å². The van der Waals surface area contributed by atoms with Crippen LogP contribution in [-0.2, 0) is 4.79 Å². The molecule has 96 valence electrons. The number of halogens is 1. The van der Waals surface area contributed by atoms with Gasteiger partial charge in [0.2, 0.25) is 5.24 Å². The second-order valence-corrected chi connectivity index (χ2v) is 5.07. The summed E-state index contributed by atoms with van der Waals surface area (Å²) in [7, 11) is 0. The van der Waals surface area contributed by atoms with Crippen molar-refractivity contribution in [3.8, 4) is 0 Å². The molecule has 0 N–H and O–H groups in total. The molecule has 18 heavy (non-hydrogen) atoms. The van der Waals surface area contributed by atoms with E-state index in [2.05, 4.69) is 0 Å². The van der Waals surface area contributed by atoms with Crippen LogP contribution in [0.15, 0.2) is 24.3 Å². The molecule has 1 aromatic rings. The molecule has 0 aliphatic heterocycles. The van der Waals surface area contributed by atoms with Gasteiger partial charge in [0.05, 0.1) is 4.92 Å². The molecule has 0 bridgehead atoms. The molecule has 1 saturated carbocycles. The van der Waals surface area contributed by atoms with Gasteiger partial charge in [0, 0.05) is 18.1 Å². The normalized spacial score (nSPS) is 23.6. The summed E-state index contributed by atoms with van der Waals surface area (Å²) in [4.78, 5) is 21.2. The van der Waals surface area contributed by atoms with Crippen LogP contribution < -0.4 is 0 Å². The molecule has 1 fully saturated rings. The number of nitrogens with zero attached hydrogens (tertiary/aromatic N) is 1. The fourth-order valence-electron chi connectivity index (χ4n) is 2.52. The van der Waals surface area contributed by atoms with Crippen molar-refractivity contribution in [1.82, 2.24) is 0 Å². The molecule has 0 aromatic heterocycles. The lowest BCUT2D eigenvalue weighted by Gasteiger charge is -2.26. The predicted octanol–water partition coefficient (Wildman–Crippen LogP) is 3.63. The van der Waals surface area contributed by atoms with Crippen LogP contribution in [0.1, 0.15) is 37.2 Å². The number of rotatable bonds is 3. The van der Waals surface area contributed by atoms with Crippen molar-refractivity contribution in [3.05, 3.63) is 39.9 Å². The van der Waals surface area contributed by atoms with E-state index in [0.717, 1.165) is 31.2 Å². The highest BCUT2D eigenvalue weighted by Gasteiger charge is 2.26. The summed E-state index contributed by atoms with van der Waals surface area (Å²) in [5, 5.41) is 10.3. The van der Waals surface area contributed by atoms with Gasteiger partial charge in [0.25, 0.3) is 5.69 Å². The van der Waals surface area contributed by atoms with Crippen LogP contribution in [0.3, 0.4) is 0 Å². The number of carbonyl (C=O) groups is 1. The van der Waals surface area contributed by atoms with Crippen molar-refractivity contribution < 1.29 is 9.72 Å². The van der Waals surface area contributed by atoms with Gasteiger partial charge in [-0.15, -0.1) is 0 Å². The summed E-state index contributed by atoms with van der Waals surface area (Å²) in [6, 6.07) is 6.69. The second kappa shape index (κ2) is 5.48. The number of non-ortho nitro benzene ring substituents is 1. The number of nitro benzene ring substituents is 1. The Morgan fingerprint density at radius 1 is 1.17 bits per heavy atom. The minimum absolute atomic E-state index is 0.0130. The Balaban J connectivity index is 2.01. The molecule has 4 nitrogen and oxygen atoms in total. The number of benzene rings is 1. The first-order valence-electron chi connectivity index (χ1n) is 6.01. The van der Waals surface area contributed by atoms with Crippen LogP contribution in [0.25, 0.3) is 0 Å². The van der Waals surface area contributed by atoms with Crippen LogP contribution in [0.2, 0.25) is 0 Å². The maximum atomic E-state index is 11.1. The minimum Gasteiger partial charge on any atom is -0.281 e. The molecule has 2 rings (SSSR count). The van der Waals surface area contributed by atoms with Crippen LogP contribution in [0.5, 0.6) is 0 Å². The van der Waals surface area contributed by atoms with E-state index in [9.17, 15) is 14.9 Å². The van der Waals surface area contributed by atoms with Crippen molar-refractivity contribution in [2.75, 3.05) is 0 Å². The molecular weight excluding hydrogens is 254 g/mol. The quantitative estimate of drug-likeness (QED) is 0.477. The van der Waals surface area contributed by atoms with Crippen molar-refractivity contribution in [3.63, 3.8) is 0 Å². The molecule has 0 radical (unpaired) electrons. The van der Waals surface area contributed by atoms with Crippen LogP contribution in [-0.4, -0.2) is 10.2 Å². The van der Waals surface area contributed by atoms with E-state index in [1.54, 1.807) is 0 Å². The highest BCUT2D eigenvalue weighted by molar-refractivity contribution is 6.63. The summed E-state index contributed by atoms with van der Waals surface area (Å²) < 4.78 is 0. The average molecular weight is 268 g/mol. The molecule has 5 heteroatoms. The van der Waals surface area contributed by atoms with Gasteiger partial charge >= 0.3 is 0 Å². The third-order valence-corrected chi connectivity index (χ3v) is 3.93. The first kappa shape index (κ1) is 13.0. The molecule has 0 saturated heterocycles. The zero-order chi connectivity index (χ0) is 13.1. The Kier molecular flexibility index (Phi) is 3.97. The van der Waals surface area contributed by atoms with E-state index >= 15 is 0 Å².